The summed E-state index contributed by atoms with van der Waals surface area (Å²) in [5, 5.41) is 0. The molecule has 0 fully saturated rings. The van der Waals surface area contributed by atoms with Crippen molar-refractivity contribution in [1.82, 2.24) is 0 Å². The standard InChI is InChI=1S/C5H6ClF2NO/c6-1-3-2-9-5(10-3)4(7)8/h3-4H,1-2H2. The summed E-state index contributed by atoms with van der Waals surface area (Å²) in [6.45, 7) is 0.253. The van der Waals surface area contributed by atoms with Gasteiger partial charge in [-0.3, -0.25) is 0 Å². The van der Waals surface area contributed by atoms with Crippen molar-refractivity contribution in [2.24, 2.45) is 4.99 Å². The summed E-state index contributed by atoms with van der Waals surface area (Å²) in [4.78, 5) is 3.45. The van der Waals surface area contributed by atoms with Crippen molar-refractivity contribution in [3.05, 3.63) is 0 Å². The SMILES string of the molecule is FC(F)C1=NCC(CCl)O1. The van der Waals surface area contributed by atoms with Crippen LogP contribution in [0.25, 0.3) is 0 Å². The van der Waals surface area contributed by atoms with Crippen LogP contribution in [-0.2, 0) is 4.74 Å². The lowest BCUT2D eigenvalue weighted by Gasteiger charge is -2.05. The fourth-order valence-electron chi connectivity index (χ4n) is 0.638. The van der Waals surface area contributed by atoms with Gasteiger partial charge < -0.3 is 4.74 Å². The van der Waals surface area contributed by atoms with Gasteiger partial charge in [-0.05, 0) is 0 Å². The predicted octanol–water partition coefficient (Wildman–Crippen LogP) is 1.29. The van der Waals surface area contributed by atoms with Crippen LogP contribution in [0.2, 0.25) is 0 Å². The number of hydrogen-bond donors (Lipinski definition) is 0. The quantitative estimate of drug-likeness (QED) is 0.571. The molecule has 1 aliphatic rings. The molecule has 0 aliphatic carbocycles. The first kappa shape index (κ1) is 7.72. The first-order valence-electron chi connectivity index (χ1n) is 2.79. The molecular weight excluding hydrogens is 164 g/mol. The minimum Gasteiger partial charge on any atom is -0.470 e. The molecule has 5 heteroatoms. The van der Waals surface area contributed by atoms with Gasteiger partial charge in [-0.1, -0.05) is 0 Å². The van der Waals surface area contributed by atoms with Gasteiger partial charge in [0, 0.05) is 0 Å². The van der Waals surface area contributed by atoms with E-state index in [0.717, 1.165) is 0 Å². The van der Waals surface area contributed by atoms with E-state index in [2.05, 4.69) is 9.73 Å². The van der Waals surface area contributed by atoms with E-state index in [0.29, 0.717) is 0 Å². The van der Waals surface area contributed by atoms with Crippen molar-refractivity contribution < 1.29 is 13.5 Å². The Labute approximate surface area is 61.8 Å². The Morgan fingerprint density at radius 2 is 2.50 bits per heavy atom. The van der Waals surface area contributed by atoms with Crippen molar-refractivity contribution in [2.45, 2.75) is 12.5 Å². The number of nitrogens with zero attached hydrogens (tertiary/aromatic N) is 1. The molecule has 58 valence electrons. The first-order valence-corrected chi connectivity index (χ1v) is 3.32. The van der Waals surface area contributed by atoms with Gasteiger partial charge in [-0.25, -0.2) is 4.99 Å². The lowest BCUT2D eigenvalue weighted by Crippen LogP contribution is -2.18. The minimum atomic E-state index is -2.60. The van der Waals surface area contributed by atoms with Crippen molar-refractivity contribution in [1.29, 1.82) is 0 Å². The molecule has 10 heavy (non-hydrogen) atoms. The van der Waals surface area contributed by atoms with Crippen LogP contribution in [0.15, 0.2) is 4.99 Å². The smallest absolute Gasteiger partial charge is 0.312 e. The predicted molar refractivity (Wildman–Crippen MR) is 33.9 cm³/mol. The molecule has 0 saturated heterocycles. The van der Waals surface area contributed by atoms with Gasteiger partial charge in [-0.2, -0.15) is 8.78 Å². The number of aliphatic imine (C=N–C) groups is 1. The fraction of sp³-hybridized carbons (Fsp3) is 0.800. The van der Waals surface area contributed by atoms with Crippen LogP contribution in [-0.4, -0.2) is 30.9 Å². The van der Waals surface area contributed by atoms with E-state index in [4.69, 9.17) is 11.6 Å². The monoisotopic (exact) mass is 169 g/mol. The van der Waals surface area contributed by atoms with Crippen molar-refractivity contribution >= 4 is 17.5 Å². The first-order chi connectivity index (χ1) is 4.74. The number of ether oxygens (including phenoxy) is 1. The average molecular weight is 170 g/mol. The average Bonchev–Trinajstić information content (AvgIpc) is 2.34. The summed E-state index contributed by atoms with van der Waals surface area (Å²) >= 11 is 5.33. The summed E-state index contributed by atoms with van der Waals surface area (Å²) in [6, 6.07) is 0. The van der Waals surface area contributed by atoms with Gasteiger partial charge in [0.2, 0.25) is 0 Å². The zero-order chi connectivity index (χ0) is 7.56. The van der Waals surface area contributed by atoms with Crippen molar-refractivity contribution in [2.75, 3.05) is 12.4 Å². The summed E-state index contributed by atoms with van der Waals surface area (Å²) in [6.07, 6.45) is -2.96. The summed E-state index contributed by atoms with van der Waals surface area (Å²) in [5.74, 6) is -0.273. The molecule has 0 aromatic heterocycles. The van der Waals surface area contributed by atoms with E-state index < -0.39 is 12.3 Å². The van der Waals surface area contributed by atoms with E-state index in [1.807, 2.05) is 0 Å². The van der Waals surface area contributed by atoms with E-state index in [1.54, 1.807) is 0 Å². The van der Waals surface area contributed by atoms with E-state index >= 15 is 0 Å². The highest BCUT2D eigenvalue weighted by atomic mass is 35.5. The van der Waals surface area contributed by atoms with E-state index in [9.17, 15) is 8.78 Å². The molecule has 0 saturated carbocycles. The van der Waals surface area contributed by atoms with Gasteiger partial charge in [0.25, 0.3) is 5.90 Å². The highest BCUT2D eigenvalue weighted by Crippen LogP contribution is 2.11. The third-order valence-corrected chi connectivity index (χ3v) is 1.44. The highest BCUT2D eigenvalue weighted by Gasteiger charge is 2.25. The molecule has 1 aliphatic heterocycles. The second-order valence-electron chi connectivity index (χ2n) is 1.87. The lowest BCUT2D eigenvalue weighted by atomic mass is 10.4. The number of hydrogen-bond acceptors (Lipinski definition) is 2. The second kappa shape index (κ2) is 3.14. The third-order valence-electron chi connectivity index (χ3n) is 1.10. The van der Waals surface area contributed by atoms with Gasteiger partial charge in [0.1, 0.15) is 6.10 Å². The molecule has 1 rings (SSSR count). The number of rotatable bonds is 2. The lowest BCUT2D eigenvalue weighted by molar-refractivity contribution is 0.157. The van der Waals surface area contributed by atoms with Crippen LogP contribution in [0.5, 0.6) is 0 Å². The van der Waals surface area contributed by atoms with Crippen LogP contribution in [0.1, 0.15) is 0 Å². The van der Waals surface area contributed by atoms with Crippen LogP contribution in [0.4, 0.5) is 8.78 Å². The Hall–Kier alpha value is -0.380. The molecular formula is C5H6ClF2NO. The maximum absolute atomic E-state index is 11.8. The Morgan fingerprint density at radius 1 is 1.80 bits per heavy atom. The van der Waals surface area contributed by atoms with Crippen LogP contribution in [0.3, 0.4) is 0 Å². The van der Waals surface area contributed by atoms with Gasteiger partial charge >= 0.3 is 6.43 Å². The Bertz CT molecular complexity index is 151. The zero-order valence-corrected chi connectivity index (χ0v) is 5.81. The highest BCUT2D eigenvalue weighted by molar-refractivity contribution is 6.18. The molecule has 0 aromatic rings. The largest absolute Gasteiger partial charge is 0.470 e. The van der Waals surface area contributed by atoms with E-state index in [1.165, 1.54) is 0 Å². The Kier molecular flexibility index (Phi) is 2.43. The van der Waals surface area contributed by atoms with Crippen LogP contribution < -0.4 is 0 Å². The summed E-state index contributed by atoms with van der Waals surface area (Å²) < 4.78 is 28.1. The number of alkyl halides is 3. The third kappa shape index (κ3) is 1.56. The molecule has 0 spiro atoms. The van der Waals surface area contributed by atoms with Crippen molar-refractivity contribution in [3.8, 4) is 0 Å². The molecule has 0 amide bonds. The second-order valence-corrected chi connectivity index (χ2v) is 2.18. The molecule has 0 bridgehead atoms. The molecule has 2 nitrogen and oxygen atoms in total. The normalized spacial score (nSPS) is 24.8. The summed E-state index contributed by atoms with van der Waals surface area (Å²) in [5.41, 5.74) is 0. The minimum absolute atomic E-state index is 0.208. The Morgan fingerprint density at radius 3 is 2.80 bits per heavy atom. The van der Waals surface area contributed by atoms with Gasteiger partial charge in [0.05, 0.1) is 12.4 Å². The maximum Gasteiger partial charge on any atom is 0.312 e. The molecule has 0 radical (unpaired) electrons. The van der Waals surface area contributed by atoms with Crippen molar-refractivity contribution in [3.63, 3.8) is 0 Å². The fourth-order valence-corrected chi connectivity index (χ4v) is 0.798. The van der Waals surface area contributed by atoms with Crippen LogP contribution in [0, 0.1) is 0 Å². The summed E-state index contributed by atoms with van der Waals surface area (Å²) in [7, 11) is 0. The molecule has 1 heterocycles. The maximum atomic E-state index is 11.8. The Balaban J connectivity index is 2.39. The molecule has 0 aromatic carbocycles. The van der Waals surface area contributed by atoms with E-state index in [-0.39, 0.29) is 18.5 Å². The molecule has 1 atom stereocenters. The zero-order valence-electron chi connectivity index (χ0n) is 5.06. The topological polar surface area (TPSA) is 21.6 Å². The number of halogens is 3. The molecule has 1 unspecified atom stereocenters. The van der Waals surface area contributed by atoms with Gasteiger partial charge in [-0.15, -0.1) is 11.6 Å². The van der Waals surface area contributed by atoms with Crippen LogP contribution >= 0.6 is 11.6 Å². The van der Waals surface area contributed by atoms with Gasteiger partial charge in [0.15, 0.2) is 0 Å². The molecule has 0 N–H and O–H groups in total.